The first-order valence-electron chi connectivity index (χ1n) is 11.3. The van der Waals surface area contributed by atoms with Gasteiger partial charge < -0.3 is 4.74 Å². The smallest absolute Gasteiger partial charge is 0.337 e. The summed E-state index contributed by atoms with van der Waals surface area (Å²) >= 11 is 0. The quantitative estimate of drug-likeness (QED) is 0.349. The van der Waals surface area contributed by atoms with Crippen molar-refractivity contribution >= 4 is 21.8 Å². The average Bonchev–Trinajstić information content (AvgIpc) is 3.53. The SMILES string of the molecule is c1cc2c3c(c1)-n1ncc[n+]1C31c3c(ccc4c5cccc6c5n(c34)-c3c(ccc[n+]31)C6)O2. The summed E-state index contributed by atoms with van der Waals surface area (Å²) in [4.78, 5) is 2.02. The van der Waals surface area contributed by atoms with Crippen LogP contribution in [0, 0.1) is 0 Å². The van der Waals surface area contributed by atoms with Crippen LogP contribution < -0.4 is 14.0 Å². The number of para-hydroxylation sites is 1. The molecule has 10 rings (SSSR count). The molecule has 3 aromatic carbocycles. The van der Waals surface area contributed by atoms with E-state index < -0.39 is 5.66 Å². The van der Waals surface area contributed by atoms with Crippen molar-refractivity contribution in [3.05, 3.63) is 102 Å². The third-order valence-electron chi connectivity index (χ3n) is 8.04. The number of nitrogens with zero attached hydrogens (tertiary/aromatic N) is 5. The molecule has 6 heteroatoms. The Morgan fingerprint density at radius 3 is 2.70 bits per heavy atom. The van der Waals surface area contributed by atoms with E-state index in [1.165, 1.54) is 44.3 Å². The van der Waals surface area contributed by atoms with Crippen molar-refractivity contribution in [3.8, 4) is 23.0 Å². The van der Waals surface area contributed by atoms with Gasteiger partial charge in [-0.25, -0.2) is 0 Å². The van der Waals surface area contributed by atoms with Gasteiger partial charge >= 0.3 is 5.66 Å². The number of hydrogen-bond donors (Lipinski definition) is 0. The van der Waals surface area contributed by atoms with Gasteiger partial charge in [-0.15, -0.1) is 4.68 Å². The Bertz CT molecular complexity index is 1940. The molecule has 0 bridgehead atoms. The Labute approximate surface area is 187 Å². The zero-order valence-electron chi connectivity index (χ0n) is 17.4. The molecule has 1 unspecified atom stereocenters. The second-order valence-corrected chi connectivity index (χ2v) is 9.36. The maximum absolute atomic E-state index is 6.61. The first-order chi connectivity index (χ1) is 16.4. The summed E-state index contributed by atoms with van der Waals surface area (Å²) in [5.74, 6) is 3.04. The molecular formula is C27H15N5O+2. The summed E-state index contributed by atoms with van der Waals surface area (Å²) in [6, 6.07) is 21.8. The van der Waals surface area contributed by atoms with E-state index in [2.05, 4.69) is 86.9 Å². The van der Waals surface area contributed by atoms with E-state index in [-0.39, 0.29) is 0 Å². The highest BCUT2D eigenvalue weighted by molar-refractivity contribution is 6.13. The van der Waals surface area contributed by atoms with E-state index in [0.717, 1.165) is 29.2 Å². The maximum atomic E-state index is 6.61. The van der Waals surface area contributed by atoms with Gasteiger partial charge in [-0.1, -0.05) is 18.2 Å². The first-order valence-corrected chi connectivity index (χ1v) is 11.3. The van der Waals surface area contributed by atoms with Gasteiger partial charge in [-0.3, -0.25) is 0 Å². The lowest BCUT2D eigenvalue weighted by Crippen LogP contribution is -2.77. The van der Waals surface area contributed by atoms with Crippen molar-refractivity contribution in [1.82, 2.24) is 14.5 Å². The molecule has 1 spiro atoms. The minimum Gasteiger partial charge on any atom is -0.456 e. The number of pyridine rings is 1. The van der Waals surface area contributed by atoms with Crippen LogP contribution in [0.15, 0.2) is 79.3 Å². The predicted molar refractivity (Wildman–Crippen MR) is 119 cm³/mol. The van der Waals surface area contributed by atoms with Gasteiger partial charge in [-0.2, -0.15) is 9.13 Å². The van der Waals surface area contributed by atoms with Gasteiger partial charge in [-0.05, 0) is 47.3 Å². The molecule has 0 amide bonds. The molecule has 6 nitrogen and oxygen atoms in total. The fraction of sp³-hybridized carbons (Fsp3) is 0.0741. The van der Waals surface area contributed by atoms with E-state index >= 15 is 0 Å². The predicted octanol–water partition coefficient (Wildman–Crippen LogP) is 3.48. The highest BCUT2D eigenvalue weighted by Crippen LogP contribution is 2.55. The largest absolute Gasteiger partial charge is 0.456 e. The van der Waals surface area contributed by atoms with Crippen LogP contribution in [0.3, 0.4) is 0 Å². The van der Waals surface area contributed by atoms with Crippen molar-refractivity contribution in [2.45, 2.75) is 12.1 Å². The minimum atomic E-state index is -0.595. The van der Waals surface area contributed by atoms with Gasteiger partial charge in [0.05, 0.1) is 6.20 Å². The zero-order chi connectivity index (χ0) is 21.1. The monoisotopic (exact) mass is 425 g/mol. The van der Waals surface area contributed by atoms with E-state index in [0.29, 0.717) is 0 Å². The van der Waals surface area contributed by atoms with Crippen LogP contribution in [0.25, 0.3) is 33.3 Å². The Balaban J connectivity index is 1.60. The van der Waals surface area contributed by atoms with E-state index in [9.17, 15) is 0 Å². The van der Waals surface area contributed by atoms with Crippen molar-refractivity contribution in [2.75, 3.05) is 0 Å². The minimum absolute atomic E-state index is 0.595. The van der Waals surface area contributed by atoms with E-state index in [4.69, 9.17) is 9.84 Å². The molecule has 0 N–H and O–H groups in total. The molecule has 4 aliphatic rings. The zero-order valence-corrected chi connectivity index (χ0v) is 17.4. The van der Waals surface area contributed by atoms with Gasteiger partial charge in [0.15, 0.2) is 11.7 Å². The third kappa shape index (κ3) is 1.32. The topological polar surface area (TPSA) is 39.7 Å². The summed E-state index contributed by atoms with van der Waals surface area (Å²) in [7, 11) is 0. The molecule has 0 saturated heterocycles. The molecule has 0 saturated carbocycles. The van der Waals surface area contributed by atoms with Crippen LogP contribution in [-0.4, -0.2) is 14.5 Å². The summed E-state index contributed by atoms with van der Waals surface area (Å²) in [5.41, 5.74) is 8.07. The number of hydrogen-bond acceptors (Lipinski definition) is 2. The van der Waals surface area contributed by atoms with Crippen LogP contribution in [0.4, 0.5) is 0 Å². The Morgan fingerprint density at radius 2 is 1.70 bits per heavy atom. The van der Waals surface area contributed by atoms with Gasteiger partial charge in [0.2, 0.25) is 6.20 Å². The molecule has 3 aromatic heterocycles. The molecule has 6 aromatic rings. The van der Waals surface area contributed by atoms with Gasteiger partial charge in [0, 0.05) is 33.4 Å². The molecule has 0 fully saturated rings. The summed E-state index contributed by atoms with van der Waals surface area (Å²) in [5, 5.41) is 7.30. The Kier molecular flexibility index (Phi) is 2.10. The number of benzene rings is 3. The van der Waals surface area contributed by atoms with Crippen molar-refractivity contribution in [1.29, 1.82) is 0 Å². The van der Waals surface area contributed by atoms with Crippen LogP contribution in [0.1, 0.15) is 22.3 Å². The fourth-order valence-electron chi connectivity index (χ4n) is 7.03. The van der Waals surface area contributed by atoms with Crippen molar-refractivity contribution < 1.29 is 14.0 Å². The normalized spacial score (nSPS) is 19.2. The van der Waals surface area contributed by atoms with Crippen LogP contribution in [-0.2, 0) is 12.1 Å². The van der Waals surface area contributed by atoms with Crippen LogP contribution in [0.5, 0.6) is 11.5 Å². The third-order valence-corrected chi connectivity index (χ3v) is 8.04. The van der Waals surface area contributed by atoms with Gasteiger partial charge in [0.25, 0.3) is 5.82 Å². The number of ether oxygens (including phenoxy) is 1. The summed E-state index contributed by atoms with van der Waals surface area (Å²) < 4.78 is 13.8. The molecule has 0 aliphatic carbocycles. The lowest BCUT2D eigenvalue weighted by molar-refractivity contribution is -0.995. The second-order valence-electron chi connectivity index (χ2n) is 9.36. The highest BCUT2D eigenvalue weighted by Gasteiger charge is 2.66. The lowest BCUT2D eigenvalue weighted by Gasteiger charge is -2.36. The number of rotatable bonds is 0. The highest BCUT2D eigenvalue weighted by atomic mass is 16.5. The maximum Gasteiger partial charge on any atom is 0.337 e. The molecule has 152 valence electrons. The number of fused-ring (bicyclic) bond motifs is 3. The fourth-order valence-corrected chi connectivity index (χ4v) is 7.03. The standard InChI is InChI=1S/C27H15N5O/c1-4-15-14-16-5-3-12-29-26(16)31-24(15)17(6-1)18-9-10-21-23(25(18)31)27(29)22-19(7-2-8-20(22)33-21)32-28-11-13-30(27)32/h1-13H,14H2/q+2. The Hall–Kier alpha value is -4.45. The van der Waals surface area contributed by atoms with Crippen LogP contribution >= 0.6 is 0 Å². The molecule has 33 heavy (non-hydrogen) atoms. The van der Waals surface area contributed by atoms with Gasteiger partial charge in [0.1, 0.15) is 33.8 Å². The second kappa shape index (κ2) is 4.52. The average molecular weight is 425 g/mol. The molecule has 1 atom stereocenters. The lowest BCUT2D eigenvalue weighted by atomic mass is 9.84. The molecule has 0 radical (unpaired) electrons. The number of aromatic nitrogens is 5. The molecular weight excluding hydrogens is 410 g/mol. The van der Waals surface area contributed by atoms with Crippen molar-refractivity contribution in [3.63, 3.8) is 0 Å². The molecule has 7 heterocycles. The van der Waals surface area contributed by atoms with Crippen LogP contribution in [0.2, 0.25) is 0 Å². The Morgan fingerprint density at radius 1 is 0.818 bits per heavy atom. The van der Waals surface area contributed by atoms with E-state index in [1.807, 2.05) is 11.0 Å². The first kappa shape index (κ1) is 15.4. The van der Waals surface area contributed by atoms with Crippen molar-refractivity contribution in [2.24, 2.45) is 0 Å². The summed E-state index contributed by atoms with van der Waals surface area (Å²) in [6.07, 6.45) is 7.14. The summed E-state index contributed by atoms with van der Waals surface area (Å²) in [6.45, 7) is 0. The molecule has 4 aliphatic heterocycles. The van der Waals surface area contributed by atoms with E-state index in [1.54, 1.807) is 0 Å².